The van der Waals surface area contributed by atoms with Gasteiger partial charge in [0, 0.05) is 19.0 Å². The lowest BCUT2D eigenvalue weighted by atomic mass is 9.96. The second-order valence-corrected chi connectivity index (χ2v) is 3.84. The van der Waals surface area contributed by atoms with Crippen LogP contribution in [0, 0.1) is 5.92 Å². The molecule has 0 aliphatic carbocycles. The minimum Gasteiger partial charge on any atom is -0.481 e. The van der Waals surface area contributed by atoms with E-state index in [4.69, 9.17) is 10.8 Å². The summed E-state index contributed by atoms with van der Waals surface area (Å²) >= 11 is 0. The number of carboxylic acid groups (broad SMARTS) is 1. The topological polar surface area (TPSA) is 112 Å². The summed E-state index contributed by atoms with van der Waals surface area (Å²) in [6.07, 6.45) is 1.43. The van der Waals surface area contributed by atoms with Crippen molar-refractivity contribution in [2.45, 2.75) is 6.42 Å². The van der Waals surface area contributed by atoms with Crippen LogP contribution in [-0.2, 0) is 4.79 Å². The number of aliphatic carboxylic acids is 1. The van der Waals surface area contributed by atoms with E-state index in [-0.39, 0.29) is 23.6 Å². The van der Waals surface area contributed by atoms with Gasteiger partial charge in [-0.1, -0.05) is 0 Å². The molecule has 2 rings (SSSR count). The summed E-state index contributed by atoms with van der Waals surface area (Å²) in [7, 11) is 0. The first kappa shape index (κ1) is 10.5. The van der Waals surface area contributed by atoms with Gasteiger partial charge in [0.1, 0.15) is 5.69 Å². The number of carboxylic acids is 1. The number of hydrogen-bond donors (Lipinski definition) is 3. The molecule has 0 radical (unpaired) electrons. The predicted molar refractivity (Wildman–Crippen MR) is 57.2 cm³/mol. The molecule has 2 heterocycles. The number of H-pyrrole nitrogens is 1. The Hall–Kier alpha value is -2.05. The van der Waals surface area contributed by atoms with E-state index >= 15 is 0 Å². The lowest BCUT2D eigenvalue weighted by Gasteiger charge is -2.39. The molecule has 4 N–H and O–H groups in total. The van der Waals surface area contributed by atoms with Crippen LogP contribution in [0.5, 0.6) is 0 Å². The Labute approximate surface area is 90.9 Å². The first-order valence-corrected chi connectivity index (χ1v) is 4.88. The highest BCUT2D eigenvalue weighted by atomic mass is 16.4. The highest BCUT2D eigenvalue weighted by molar-refractivity contribution is 5.68. The molecule has 0 saturated carbocycles. The first-order chi connectivity index (χ1) is 7.58. The van der Waals surface area contributed by atoms with Crippen LogP contribution in [0.15, 0.2) is 11.1 Å². The van der Waals surface area contributed by atoms with Crippen molar-refractivity contribution in [3.8, 4) is 0 Å². The van der Waals surface area contributed by atoms with Crippen LogP contribution in [0.25, 0.3) is 0 Å². The van der Waals surface area contributed by atoms with E-state index in [0.717, 1.165) is 0 Å². The van der Waals surface area contributed by atoms with E-state index in [2.05, 4.69) is 9.97 Å². The third-order valence-corrected chi connectivity index (χ3v) is 2.59. The van der Waals surface area contributed by atoms with E-state index in [1.165, 1.54) is 6.33 Å². The van der Waals surface area contributed by atoms with Crippen LogP contribution in [0.3, 0.4) is 0 Å². The Morgan fingerprint density at radius 1 is 1.69 bits per heavy atom. The molecule has 7 heteroatoms. The average Bonchev–Trinajstić information content (AvgIpc) is 2.16. The summed E-state index contributed by atoms with van der Waals surface area (Å²) < 4.78 is 0. The summed E-state index contributed by atoms with van der Waals surface area (Å²) in [4.78, 5) is 29.8. The minimum absolute atomic E-state index is 0.0799. The number of hydrogen-bond acceptors (Lipinski definition) is 5. The van der Waals surface area contributed by atoms with Gasteiger partial charge >= 0.3 is 5.97 Å². The van der Waals surface area contributed by atoms with Gasteiger partial charge in [0.05, 0.1) is 12.7 Å². The van der Waals surface area contributed by atoms with E-state index in [9.17, 15) is 9.59 Å². The Morgan fingerprint density at radius 2 is 2.38 bits per heavy atom. The molecule has 16 heavy (non-hydrogen) atoms. The van der Waals surface area contributed by atoms with E-state index in [1.54, 1.807) is 4.90 Å². The van der Waals surface area contributed by atoms with Gasteiger partial charge in [0.2, 0.25) is 0 Å². The molecular weight excluding hydrogens is 212 g/mol. The van der Waals surface area contributed by atoms with Gasteiger partial charge in [-0.25, -0.2) is 4.98 Å². The Balaban J connectivity index is 2.04. The molecule has 1 saturated heterocycles. The summed E-state index contributed by atoms with van der Waals surface area (Å²) in [6.45, 7) is 1.15. The van der Waals surface area contributed by atoms with Crippen molar-refractivity contribution in [1.29, 1.82) is 0 Å². The van der Waals surface area contributed by atoms with Gasteiger partial charge in [-0.05, 0) is 0 Å². The van der Waals surface area contributed by atoms with E-state index in [1.807, 2.05) is 0 Å². The van der Waals surface area contributed by atoms with Crippen LogP contribution in [-0.4, -0.2) is 34.1 Å². The smallest absolute Gasteiger partial charge is 0.303 e. The molecule has 1 fully saturated rings. The molecule has 0 unspecified atom stereocenters. The maximum absolute atomic E-state index is 11.2. The van der Waals surface area contributed by atoms with Crippen LogP contribution in [0.1, 0.15) is 6.42 Å². The lowest BCUT2D eigenvalue weighted by Crippen LogP contribution is -2.48. The molecule has 0 bridgehead atoms. The molecule has 1 aromatic heterocycles. The summed E-state index contributed by atoms with van der Waals surface area (Å²) in [5, 5.41) is 8.59. The van der Waals surface area contributed by atoms with Gasteiger partial charge in [-0.15, -0.1) is 0 Å². The number of aromatic amines is 1. The summed E-state index contributed by atoms with van der Waals surface area (Å²) in [5.41, 5.74) is 5.29. The van der Waals surface area contributed by atoms with Crippen LogP contribution in [0.4, 0.5) is 11.5 Å². The number of nitrogen functional groups attached to an aromatic ring is 1. The lowest BCUT2D eigenvalue weighted by molar-refractivity contribution is -0.138. The average molecular weight is 224 g/mol. The maximum atomic E-state index is 11.2. The van der Waals surface area contributed by atoms with E-state index in [0.29, 0.717) is 18.9 Å². The quantitative estimate of drug-likeness (QED) is 0.623. The molecule has 1 aromatic rings. The van der Waals surface area contributed by atoms with Crippen molar-refractivity contribution in [3.05, 3.63) is 16.7 Å². The van der Waals surface area contributed by atoms with Gasteiger partial charge in [-0.2, -0.15) is 0 Å². The third kappa shape index (κ3) is 1.83. The molecular formula is C9H12N4O3. The largest absolute Gasteiger partial charge is 0.481 e. The van der Waals surface area contributed by atoms with Crippen LogP contribution >= 0.6 is 0 Å². The second-order valence-electron chi connectivity index (χ2n) is 3.84. The maximum Gasteiger partial charge on any atom is 0.303 e. The Kier molecular flexibility index (Phi) is 2.51. The van der Waals surface area contributed by atoms with Crippen molar-refractivity contribution in [1.82, 2.24) is 9.97 Å². The molecule has 1 aliphatic rings. The van der Waals surface area contributed by atoms with Crippen LogP contribution in [0.2, 0.25) is 0 Å². The fourth-order valence-corrected chi connectivity index (χ4v) is 1.77. The van der Waals surface area contributed by atoms with Gasteiger partial charge < -0.3 is 20.7 Å². The second kappa shape index (κ2) is 3.84. The van der Waals surface area contributed by atoms with Crippen molar-refractivity contribution in [2.24, 2.45) is 5.92 Å². The number of nitrogens with one attached hydrogen (secondary N) is 1. The molecule has 0 atom stereocenters. The molecule has 7 nitrogen and oxygen atoms in total. The van der Waals surface area contributed by atoms with Gasteiger partial charge in [0.25, 0.3) is 5.56 Å². The molecule has 0 aromatic carbocycles. The summed E-state index contributed by atoms with van der Waals surface area (Å²) in [6, 6.07) is 0. The Morgan fingerprint density at radius 3 is 3.00 bits per heavy atom. The predicted octanol–water partition coefficient (Wildman–Crippen LogP) is -0.737. The number of carbonyl (C=O) groups is 1. The van der Waals surface area contributed by atoms with Crippen molar-refractivity contribution >= 4 is 17.5 Å². The minimum atomic E-state index is -0.809. The molecule has 0 amide bonds. The fraction of sp³-hybridized carbons (Fsp3) is 0.444. The first-order valence-electron chi connectivity index (χ1n) is 4.88. The zero-order valence-electron chi connectivity index (χ0n) is 8.51. The zero-order valence-corrected chi connectivity index (χ0v) is 8.51. The number of nitrogens with zero attached hydrogens (tertiary/aromatic N) is 2. The fourth-order valence-electron chi connectivity index (χ4n) is 1.77. The number of aromatic nitrogens is 2. The van der Waals surface area contributed by atoms with Crippen LogP contribution < -0.4 is 16.2 Å². The molecule has 86 valence electrons. The number of anilines is 2. The van der Waals surface area contributed by atoms with Crippen molar-refractivity contribution in [3.63, 3.8) is 0 Å². The zero-order chi connectivity index (χ0) is 11.7. The SMILES string of the molecule is Nc1c(N2CC(CC(=O)O)C2)nc[nH]c1=O. The highest BCUT2D eigenvalue weighted by Gasteiger charge is 2.30. The standard InChI is InChI=1S/C9H12N4O3/c10-7-8(11-4-12-9(7)16)13-2-5(3-13)1-6(14)15/h4-5H,1-3,10H2,(H,14,15)(H,11,12,16). The van der Waals surface area contributed by atoms with Crippen molar-refractivity contribution < 1.29 is 9.90 Å². The van der Waals surface area contributed by atoms with E-state index < -0.39 is 5.97 Å². The number of rotatable bonds is 3. The highest BCUT2D eigenvalue weighted by Crippen LogP contribution is 2.26. The third-order valence-electron chi connectivity index (χ3n) is 2.59. The molecule has 1 aliphatic heterocycles. The molecule has 0 spiro atoms. The van der Waals surface area contributed by atoms with Crippen molar-refractivity contribution in [2.75, 3.05) is 23.7 Å². The number of nitrogens with two attached hydrogens (primary N) is 1. The monoisotopic (exact) mass is 224 g/mol. The Bertz CT molecular complexity index is 464. The summed E-state index contributed by atoms with van der Waals surface area (Å²) in [5.74, 6) is -0.264. The van der Waals surface area contributed by atoms with Gasteiger partial charge in [-0.3, -0.25) is 9.59 Å². The van der Waals surface area contributed by atoms with Gasteiger partial charge in [0.15, 0.2) is 5.82 Å². The normalized spacial score (nSPS) is 15.9.